The van der Waals surface area contributed by atoms with Gasteiger partial charge in [0.2, 0.25) is 5.43 Å². The molecule has 4 rings (SSSR count). The van der Waals surface area contributed by atoms with E-state index in [4.69, 9.17) is 9.47 Å². The van der Waals surface area contributed by atoms with Crippen molar-refractivity contribution in [1.29, 1.82) is 0 Å². The summed E-state index contributed by atoms with van der Waals surface area (Å²) in [4.78, 5) is 46.3. The molecule has 10 nitrogen and oxygen atoms in total. The Balaban J connectivity index is 1.89. The summed E-state index contributed by atoms with van der Waals surface area (Å²) in [6.07, 6.45) is -1.13. The van der Waals surface area contributed by atoms with Crippen LogP contribution >= 0.6 is 11.3 Å². The molecular formula is C28H28F3N5O5S. The van der Waals surface area contributed by atoms with E-state index in [2.05, 4.69) is 20.6 Å². The van der Waals surface area contributed by atoms with Crippen molar-refractivity contribution in [1.82, 2.24) is 19.9 Å². The largest absolute Gasteiger partial charge is 0.462 e. The van der Waals surface area contributed by atoms with Crippen LogP contribution in [0, 0.1) is 0 Å². The third-order valence-corrected chi connectivity index (χ3v) is 7.00. The fraction of sp³-hybridized carbons (Fsp3) is 0.321. The summed E-state index contributed by atoms with van der Waals surface area (Å²) in [5.74, 6) is -0.680. The van der Waals surface area contributed by atoms with Crippen LogP contribution in [0.3, 0.4) is 0 Å². The molecule has 0 radical (unpaired) electrons. The number of carbonyl (C=O) groups excluding carboxylic acids is 2. The standard InChI is InChI=1S/C28H28F3N5O5S/c1-4-8-32-27(39)35-23-12-17(25-34-22(15-42-25)28(29,30)31)19(13-33-23)16-6-7-21-18(11-16)24(37)20(26(38)41-5-2)14-36(21)9-10-40-3/h6-7,11-15H,4-5,8-10H2,1-3H3,(H2,32,33,35,39). The van der Waals surface area contributed by atoms with E-state index in [0.29, 0.717) is 42.8 Å². The average Bonchev–Trinajstić information content (AvgIpc) is 3.47. The van der Waals surface area contributed by atoms with Gasteiger partial charge in [0, 0.05) is 54.5 Å². The van der Waals surface area contributed by atoms with Crippen LogP contribution in [-0.4, -0.2) is 53.4 Å². The third-order valence-electron chi connectivity index (χ3n) is 6.13. The lowest BCUT2D eigenvalue weighted by molar-refractivity contribution is -0.140. The molecule has 0 fully saturated rings. The molecule has 42 heavy (non-hydrogen) atoms. The molecule has 0 spiro atoms. The first-order valence-electron chi connectivity index (χ1n) is 13.0. The highest BCUT2D eigenvalue weighted by Gasteiger charge is 2.34. The van der Waals surface area contributed by atoms with Crippen molar-refractivity contribution in [2.75, 3.05) is 32.2 Å². The molecule has 0 aliphatic rings. The summed E-state index contributed by atoms with van der Waals surface area (Å²) in [5, 5.41) is 6.35. The van der Waals surface area contributed by atoms with Gasteiger partial charge in [-0.3, -0.25) is 10.1 Å². The van der Waals surface area contributed by atoms with E-state index in [0.717, 1.165) is 16.7 Å². The molecular weight excluding hydrogens is 575 g/mol. The maximum atomic E-state index is 13.4. The summed E-state index contributed by atoms with van der Waals surface area (Å²) >= 11 is 0.782. The number of pyridine rings is 2. The van der Waals surface area contributed by atoms with Gasteiger partial charge in [0.15, 0.2) is 5.69 Å². The molecule has 2 N–H and O–H groups in total. The number of nitrogens with zero attached hydrogens (tertiary/aromatic N) is 3. The lowest BCUT2D eigenvalue weighted by atomic mass is 9.99. The number of hydrogen-bond acceptors (Lipinski definition) is 8. The fourth-order valence-electron chi connectivity index (χ4n) is 4.15. The highest BCUT2D eigenvalue weighted by Crippen LogP contribution is 2.39. The van der Waals surface area contributed by atoms with Crippen molar-refractivity contribution in [3.8, 4) is 21.7 Å². The fourth-order valence-corrected chi connectivity index (χ4v) is 5.01. The molecule has 0 aliphatic heterocycles. The van der Waals surface area contributed by atoms with E-state index in [9.17, 15) is 27.6 Å². The number of fused-ring (bicyclic) bond motifs is 1. The Hall–Kier alpha value is -4.30. The minimum absolute atomic E-state index is 0.0367. The minimum Gasteiger partial charge on any atom is -0.462 e. The van der Waals surface area contributed by atoms with Crippen LogP contribution in [0.1, 0.15) is 36.3 Å². The Morgan fingerprint density at radius 2 is 1.93 bits per heavy atom. The number of aromatic nitrogens is 3. The van der Waals surface area contributed by atoms with Crippen LogP contribution < -0.4 is 16.1 Å². The van der Waals surface area contributed by atoms with Gasteiger partial charge >= 0.3 is 18.2 Å². The first kappa shape index (κ1) is 30.7. The number of hydrogen-bond donors (Lipinski definition) is 2. The molecule has 0 atom stereocenters. The second-order valence-corrected chi connectivity index (χ2v) is 9.90. The number of halogens is 3. The number of amides is 2. The van der Waals surface area contributed by atoms with E-state index in [1.807, 2.05) is 6.92 Å². The number of methoxy groups -OCH3 is 1. The maximum absolute atomic E-state index is 13.4. The Morgan fingerprint density at radius 1 is 1.14 bits per heavy atom. The molecule has 0 unspecified atom stereocenters. The van der Waals surface area contributed by atoms with Crippen molar-refractivity contribution in [2.24, 2.45) is 0 Å². The number of alkyl halides is 3. The molecule has 222 valence electrons. The number of rotatable bonds is 10. The Kier molecular flexibility index (Phi) is 9.58. The van der Waals surface area contributed by atoms with Gasteiger partial charge in [-0.15, -0.1) is 11.3 Å². The molecule has 14 heteroatoms. The van der Waals surface area contributed by atoms with Gasteiger partial charge in [0.05, 0.1) is 18.7 Å². The molecule has 0 saturated heterocycles. The van der Waals surface area contributed by atoms with Gasteiger partial charge in [-0.05, 0) is 37.1 Å². The first-order chi connectivity index (χ1) is 20.1. The number of nitrogens with one attached hydrogen (secondary N) is 2. The normalized spacial score (nSPS) is 11.5. The molecule has 0 aliphatic carbocycles. The van der Waals surface area contributed by atoms with Crippen molar-refractivity contribution in [2.45, 2.75) is 33.0 Å². The highest BCUT2D eigenvalue weighted by molar-refractivity contribution is 7.13. The second kappa shape index (κ2) is 13.1. The van der Waals surface area contributed by atoms with Gasteiger partial charge in [-0.1, -0.05) is 13.0 Å². The van der Waals surface area contributed by atoms with Crippen molar-refractivity contribution >= 4 is 40.1 Å². The van der Waals surface area contributed by atoms with Crippen LogP contribution in [-0.2, 0) is 22.2 Å². The molecule has 3 aromatic heterocycles. The Bertz CT molecular complexity index is 1670. The van der Waals surface area contributed by atoms with Gasteiger partial charge in [-0.2, -0.15) is 13.2 Å². The predicted molar refractivity (Wildman–Crippen MR) is 153 cm³/mol. The van der Waals surface area contributed by atoms with Crippen molar-refractivity contribution in [3.63, 3.8) is 0 Å². The molecule has 3 heterocycles. The predicted octanol–water partition coefficient (Wildman–Crippen LogP) is 5.56. The van der Waals surface area contributed by atoms with Gasteiger partial charge in [0.25, 0.3) is 0 Å². The van der Waals surface area contributed by atoms with Crippen LogP contribution in [0.5, 0.6) is 0 Å². The smallest absolute Gasteiger partial charge is 0.434 e. The topological polar surface area (TPSA) is 124 Å². The zero-order chi connectivity index (χ0) is 30.4. The van der Waals surface area contributed by atoms with E-state index in [-0.39, 0.29) is 33.9 Å². The monoisotopic (exact) mass is 603 g/mol. The summed E-state index contributed by atoms with van der Waals surface area (Å²) < 4.78 is 52.1. The number of carbonyl (C=O) groups is 2. The quantitative estimate of drug-likeness (QED) is 0.228. The third kappa shape index (κ3) is 6.77. The SMILES string of the molecule is CCCNC(=O)Nc1cc(-c2nc(C(F)(F)F)cs2)c(-c2ccc3c(c2)c(=O)c(C(=O)OCC)cn3CCOC)cn1. The van der Waals surface area contributed by atoms with E-state index in [1.165, 1.54) is 25.6 Å². The highest BCUT2D eigenvalue weighted by atomic mass is 32.1. The zero-order valence-electron chi connectivity index (χ0n) is 23.0. The summed E-state index contributed by atoms with van der Waals surface area (Å²) in [5.41, 5.74) is -0.203. The molecule has 2 amide bonds. The summed E-state index contributed by atoms with van der Waals surface area (Å²) in [6, 6.07) is 5.81. The van der Waals surface area contributed by atoms with E-state index in [1.54, 1.807) is 29.7 Å². The lowest BCUT2D eigenvalue weighted by Crippen LogP contribution is -2.29. The van der Waals surface area contributed by atoms with Gasteiger partial charge in [0.1, 0.15) is 16.4 Å². The minimum atomic E-state index is -4.65. The first-order valence-corrected chi connectivity index (χ1v) is 13.9. The number of anilines is 1. The van der Waals surface area contributed by atoms with Crippen LogP contribution in [0.2, 0.25) is 0 Å². The number of esters is 1. The molecule has 0 saturated carbocycles. The maximum Gasteiger partial charge on any atom is 0.434 e. The molecule has 1 aromatic carbocycles. The number of thiazole rings is 1. The van der Waals surface area contributed by atoms with Crippen LogP contribution in [0.4, 0.5) is 23.8 Å². The van der Waals surface area contributed by atoms with E-state index >= 15 is 0 Å². The number of benzene rings is 1. The molecule has 4 aromatic rings. The number of urea groups is 1. The van der Waals surface area contributed by atoms with Crippen LogP contribution in [0.25, 0.3) is 32.6 Å². The average molecular weight is 604 g/mol. The van der Waals surface area contributed by atoms with Gasteiger partial charge < -0.3 is 19.4 Å². The second-order valence-electron chi connectivity index (χ2n) is 9.04. The summed E-state index contributed by atoms with van der Waals surface area (Å²) in [6.45, 7) is 4.66. The molecule has 0 bridgehead atoms. The lowest BCUT2D eigenvalue weighted by Gasteiger charge is -2.15. The van der Waals surface area contributed by atoms with Crippen molar-refractivity contribution in [3.05, 3.63) is 63.5 Å². The van der Waals surface area contributed by atoms with Crippen LogP contribution in [0.15, 0.2) is 46.8 Å². The van der Waals surface area contributed by atoms with Gasteiger partial charge in [-0.25, -0.2) is 19.6 Å². The zero-order valence-corrected chi connectivity index (χ0v) is 23.8. The Labute approximate surface area is 242 Å². The summed E-state index contributed by atoms with van der Waals surface area (Å²) in [7, 11) is 1.53. The van der Waals surface area contributed by atoms with E-state index < -0.39 is 29.3 Å². The number of ether oxygens (including phenoxy) is 2. The van der Waals surface area contributed by atoms with Crippen molar-refractivity contribution < 1.29 is 32.2 Å². The Morgan fingerprint density at radius 3 is 2.60 bits per heavy atom.